The molecule has 1 fully saturated rings. The molecule has 0 amide bonds. The van der Waals surface area contributed by atoms with E-state index in [1.807, 2.05) is 11.7 Å². The summed E-state index contributed by atoms with van der Waals surface area (Å²) in [6, 6.07) is 0. The molecule has 1 aromatic heterocycles. The van der Waals surface area contributed by atoms with E-state index < -0.39 is 0 Å². The van der Waals surface area contributed by atoms with Crippen LogP contribution in [-0.2, 0) is 18.3 Å². The highest BCUT2D eigenvalue weighted by molar-refractivity contribution is 9.09. The van der Waals surface area contributed by atoms with E-state index in [1.165, 1.54) is 0 Å². The Bertz CT molecular complexity index is 379. The summed E-state index contributed by atoms with van der Waals surface area (Å²) in [7, 11) is 1.93. The third kappa shape index (κ3) is 3.26. The Morgan fingerprint density at radius 2 is 2.35 bits per heavy atom. The number of aryl methyl sites for hydroxylation is 1. The highest BCUT2D eigenvalue weighted by Crippen LogP contribution is 2.22. The van der Waals surface area contributed by atoms with Crippen LogP contribution >= 0.6 is 15.9 Å². The minimum absolute atomic E-state index is 0.102. The molecular weight excluding hydrogens is 284 g/mol. The third-order valence-electron chi connectivity index (χ3n) is 2.89. The summed E-state index contributed by atoms with van der Waals surface area (Å²) in [5, 5.41) is 4.96. The number of morpholine rings is 1. The van der Waals surface area contributed by atoms with Crippen molar-refractivity contribution in [1.29, 1.82) is 0 Å². The van der Waals surface area contributed by atoms with Crippen LogP contribution in [0.4, 0.5) is 0 Å². The van der Waals surface area contributed by atoms with Crippen molar-refractivity contribution in [3.05, 3.63) is 12.2 Å². The van der Waals surface area contributed by atoms with E-state index >= 15 is 0 Å². The lowest BCUT2D eigenvalue weighted by Crippen LogP contribution is -2.53. The number of hydrogen-bond donors (Lipinski definition) is 0. The number of ether oxygens (including phenoxy) is 1. The predicted molar refractivity (Wildman–Crippen MR) is 69.0 cm³/mol. The van der Waals surface area contributed by atoms with Crippen molar-refractivity contribution in [3.8, 4) is 0 Å². The minimum Gasteiger partial charge on any atom is -0.369 e. The minimum atomic E-state index is -0.102. The van der Waals surface area contributed by atoms with E-state index in [-0.39, 0.29) is 11.7 Å². The fourth-order valence-electron chi connectivity index (χ4n) is 2.28. The lowest BCUT2D eigenvalue weighted by atomic mass is 10.1. The van der Waals surface area contributed by atoms with Crippen LogP contribution in [0.5, 0.6) is 0 Å². The number of halogens is 1. The smallest absolute Gasteiger partial charge is 0.140 e. The standard InChI is InChI=1S/C11H19BrN4O/c1-11(2)7-16(5-9(4-12)17-11)6-10-13-8-14-15(10)3/h8-9H,4-7H2,1-3H3. The molecule has 2 heterocycles. The molecule has 1 aromatic rings. The summed E-state index contributed by atoms with van der Waals surface area (Å²) in [5.74, 6) is 0.996. The molecule has 0 spiro atoms. The second kappa shape index (κ2) is 5.04. The van der Waals surface area contributed by atoms with E-state index in [9.17, 15) is 0 Å². The van der Waals surface area contributed by atoms with Crippen molar-refractivity contribution in [3.63, 3.8) is 0 Å². The number of rotatable bonds is 3. The van der Waals surface area contributed by atoms with Gasteiger partial charge in [0.15, 0.2) is 0 Å². The predicted octanol–water partition coefficient (Wildman–Crippen LogP) is 1.19. The van der Waals surface area contributed by atoms with Crippen molar-refractivity contribution in [2.75, 3.05) is 18.4 Å². The van der Waals surface area contributed by atoms with Gasteiger partial charge in [0.1, 0.15) is 12.2 Å². The fourth-order valence-corrected chi connectivity index (χ4v) is 2.62. The van der Waals surface area contributed by atoms with Crippen LogP contribution in [0.1, 0.15) is 19.7 Å². The maximum atomic E-state index is 5.97. The Kier molecular flexibility index (Phi) is 3.85. The zero-order valence-corrected chi connectivity index (χ0v) is 12.1. The largest absolute Gasteiger partial charge is 0.369 e. The molecule has 0 N–H and O–H groups in total. The van der Waals surface area contributed by atoms with Crippen molar-refractivity contribution in [2.24, 2.45) is 7.05 Å². The Morgan fingerprint density at radius 3 is 2.94 bits per heavy atom. The van der Waals surface area contributed by atoms with Crippen molar-refractivity contribution < 1.29 is 4.74 Å². The summed E-state index contributed by atoms with van der Waals surface area (Å²) in [5.41, 5.74) is -0.102. The van der Waals surface area contributed by atoms with E-state index in [1.54, 1.807) is 6.33 Å². The van der Waals surface area contributed by atoms with E-state index in [0.717, 1.165) is 30.8 Å². The summed E-state index contributed by atoms with van der Waals surface area (Å²) in [6.45, 7) is 6.94. The summed E-state index contributed by atoms with van der Waals surface area (Å²) < 4.78 is 7.80. The molecule has 17 heavy (non-hydrogen) atoms. The zero-order valence-electron chi connectivity index (χ0n) is 10.6. The molecular formula is C11H19BrN4O. The normalized spacial score (nSPS) is 25.1. The molecule has 6 heteroatoms. The van der Waals surface area contributed by atoms with Crippen LogP contribution in [0.3, 0.4) is 0 Å². The molecule has 5 nitrogen and oxygen atoms in total. The van der Waals surface area contributed by atoms with Gasteiger partial charge >= 0.3 is 0 Å². The van der Waals surface area contributed by atoms with Gasteiger partial charge in [-0.05, 0) is 13.8 Å². The Hall–Kier alpha value is -0.460. The van der Waals surface area contributed by atoms with Crippen LogP contribution < -0.4 is 0 Å². The van der Waals surface area contributed by atoms with Crippen LogP contribution in [-0.4, -0.2) is 49.8 Å². The van der Waals surface area contributed by atoms with Crippen LogP contribution in [0.2, 0.25) is 0 Å². The molecule has 1 aliphatic heterocycles. The lowest BCUT2D eigenvalue weighted by Gasteiger charge is -2.42. The molecule has 96 valence electrons. The SMILES string of the molecule is Cn1ncnc1CN1CC(CBr)OC(C)(C)C1. The van der Waals surface area contributed by atoms with Crippen LogP contribution in [0, 0.1) is 0 Å². The molecule has 2 rings (SSSR count). The van der Waals surface area contributed by atoms with Gasteiger partial charge in [-0.15, -0.1) is 0 Å². The molecule has 1 saturated heterocycles. The average molecular weight is 303 g/mol. The van der Waals surface area contributed by atoms with Gasteiger partial charge in [-0.2, -0.15) is 5.10 Å². The molecule has 0 bridgehead atoms. The van der Waals surface area contributed by atoms with Crippen LogP contribution in [0.15, 0.2) is 6.33 Å². The van der Waals surface area contributed by atoms with E-state index in [2.05, 4.69) is 44.8 Å². The molecule has 1 unspecified atom stereocenters. The van der Waals surface area contributed by atoms with Gasteiger partial charge in [-0.1, -0.05) is 15.9 Å². The number of alkyl halides is 1. The van der Waals surface area contributed by atoms with Gasteiger partial charge < -0.3 is 4.74 Å². The first-order valence-electron chi connectivity index (χ1n) is 5.79. The average Bonchev–Trinajstić information content (AvgIpc) is 2.62. The molecule has 0 aromatic carbocycles. The topological polar surface area (TPSA) is 43.2 Å². The van der Waals surface area contributed by atoms with Gasteiger partial charge in [-0.3, -0.25) is 9.58 Å². The van der Waals surface area contributed by atoms with Gasteiger partial charge in [0.2, 0.25) is 0 Å². The first-order valence-corrected chi connectivity index (χ1v) is 6.91. The van der Waals surface area contributed by atoms with Crippen molar-refractivity contribution in [1.82, 2.24) is 19.7 Å². The van der Waals surface area contributed by atoms with Gasteiger partial charge in [0, 0.05) is 25.5 Å². The number of nitrogens with zero attached hydrogens (tertiary/aromatic N) is 4. The molecule has 0 aliphatic carbocycles. The first kappa shape index (κ1) is 13.0. The second-order valence-corrected chi connectivity index (χ2v) is 5.77. The molecule has 1 aliphatic rings. The lowest BCUT2D eigenvalue weighted by molar-refractivity contribution is -0.129. The van der Waals surface area contributed by atoms with Gasteiger partial charge in [0.25, 0.3) is 0 Å². The van der Waals surface area contributed by atoms with E-state index in [0.29, 0.717) is 0 Å². The molecule has 0 radical (unpaired) electrons. The number of hydrogen-bond acceptors (Lipinski definition) is 4. The monoisotopic (exact) mass is 302 g/mol. The molecule has 1 atom stereocenters. The van der Waals surface area contributed by atoms with Gasteiger partial charge in [0.05, 0.1) is 18.2 Å². The summed E-state index contributed by atoms with van der Waals surface area (Å²) in [4.78, 5) is 6.64. The fraction of sp³-hybridized carbons (Fsp3) is 0.818. The van der Waals surface area contributed by atoms with Crippen LogP contribution in [0.25, 0.3) is 0 Å². The maximum Gasteiger partial charge on any atom is 0.140 e. The Balaban J connectivity index is 2.03. The first-order chi connectivity index (χ1) is 8.00. The molecule has 0 saturated carbocycles. The number of aromatic nitrogens is 3. The maximum absolute atomic E-state index is 5.97. The summed E-state index contributed by atoms with van der Waals surface area (Å²) >= 11 is 3.50. The Labute approximate surface area is 110 Å². The zero-order chi connectivity index (χ0) is 12.5. The van der Waals surface area contributed by atoms with Crippen molar-refractivity contribution >= 4 is 15.9 Å². The Morgan fingerprint density at radius 1 is 1.59 bits per heavy atom. The quantitative estimate of drug-likeness (QED) is 0.787. The summed E-state index contributed by atoms with van der Waals surface area (Å²) in [6.07, 6.45) is 1.84. The van der Waals surface area contributed by atoms with E-state index in [4.69, 9.17) is 4.74 Å². The second-order valence-electron chi connectivity index (χ2n) is 5.12. The van der Waals surface area contributed by atoms with Crippen molar-refractivity contribution in [2.45, 2.75) is 32.1 Å². The van der Waals surface area contributed by atoms with Gasteiger partial charge in [-0.25, -0.2) is 4.98 Å². The third-order valence-corrected chi connectivity index (χ3v) is 3.62. The highest BCUT2D eigenvalue weighted by Gasteiger charge is 2.33. The highest BCUT2D eigenvalue weighted by atomic mass is 79.9.